The predicted molar refractivity (Wildman–Crippen MR) is 68.5 cm³/mol. The third-order valence-electron chi connectivity index (χ3n) is 2.73. The Morgan fingerprint density at radius 3 is 2.71 bits per heavy atom. The van der Waals surface area contributed by atoms with Crippen LogP contribution in [0.3, 0.4) is 0 Å². The number of urea groups is 1. The second kappa shape index (κ2) is 8.42. The molecule has 1 aliphatic heterocycles. The van der Waals surface area contributed by atoms with E-state index in [0.29, 0.717) is 6.42 Å². The lowest BCUT2D eigenvalue weighted by atomic mass is 10.3. The van der Waals surface area contributed by atoms with Gasteiger partial charge in [-0.15, -0.1) is 0 Å². The summed E-state index contributed by atoms with van der Waals surface area (Å²) in [5.41, 5.74) is 0. The van der Waals surface area contributed by atoms with Crippen molar-refractivity contribution < 1.29 is 34.2 Å². The topological polar surface area (TPSA) is 117 Å². The number of nitrogens with zero attached hydrogens (tertiary/aromatic N) is 2. The van der Waals surface area contributed by atoms with Gasteiger partial charge >= 0.3 is 18.0 Å². The van der Waals surface area contributed by atoms with Crippen LogP contribution in [0.1, 0.15) is 26.2 Å². The van der Waals surface area contributed by atoms with Gasteiger partial charge in [-0.3, -0.25) is 9.69 Å². The first kappa shape index (κ1) is 17.2. The van der Waals surface area contributed by atoms with Crippen molar-refractivity contribution >= 4 is 18.0 Å². The summed E-state index contributed by atoms with van der Waals surface area (Å²) in [5, 5.41) is 19.1. The highest BCUT2D eigenvalue weighted by Gasteiger charge is 2.35. The summed E-state index contributed by atoms with van der Waals surface area (Å²) in [4.78, 5) is 40.6. The molecule has 0 radical (unpaired) electrons. The maximum absolute atomic E-state index is 12.0. The molecule has 0 bridgehead atoms. The van der Waals surface area contributed by atoms with Crippen LogP contribution in [0.15, 0.2) is 0 Å². The molecular weight excluding hydrogens is 284 g/mol. The monoisotopic (exact) mass is 304 g/mol. The van der Waals surface area contributed by atoms with E-state index in [2.05, 4.69) is 4.74 Å². The first-order valence-electron chi connectivity index (χ1n) is 6.73. The quantitative estimate of drug-likeness (QED) is 0.593. The van der Waals surface area contributed by atoms with Gasteiger partial charge in [-0.25, -0.2) is 9.59 Å². The van der Waals surface area contributed by atoms with E-state index in [4.69, 9.17) is 9.94 Å². The molecule has 1 heterocycles. The Morgan fingerprint density at radius 2 is 2.10 bits per heavy atom. The fourth-order valence-corrected chi connectivity index (χ4v) is 1.73. The molecule has 1 aliphatic rings. The minimum absolute atomic E-state index is 0.0532. The van der Waals surface area contributed by atoms with Crippen molar-refractivity contribution in [1.29, 1.82) is 0 Å². The van der Waals surface area contributed by atoms with Crippen LogP contribution in [0, 0.1) is 0 Å². The summed E-state index contributed by atoms with van der Waals surface area (Å²) in [7, 11) is 0. The minimum atomic E-state index is -1.15. The molecule has 1 fully saturated rings. The molecule has 0 spiro atoms. The van der Waals surface area contributed by atoms with Gasteiger partial charge in [0.1, 0.15) is 19.4 Å². The largest absolute Gasteiger partial charge is 0.462 e. The Balaban J connectivity index is 2.59. The second-order valence-corrected chi connectivity index (χ2v) is 4.44. The number of aliphatic hydroxyl groups excluding tert-OH is 2. The molecule has 0 aromatic heterocycles. The van der Waals surface area contributed by atoms with Gasteiger partial charge in [-0.2, -0.15) is 5.06 Å². The predicted octanol–water partition coefficient (Wildman–Crippen LogP) is -0.774. The molecule has 9 heteroatoms. The van der Waals surface area contributed by atoms with Crippen LogP contribution in [-0.2, 0) is 19.2 Å². The molecule has 21 heavy (non-hydrogen) atoms. The Bertz CT molecular complexity index is 388. The number of esters is 1. The lowest BCUT2D eigenvalue weighted by Crippen LogP contribution is -2.56. The first-order chi connectivity index (χ1) is 9.99. The van der Waals surface area contributed by atoms with Crippen molar-refractivity contribution in [3.05, 3.63) is 0 Å². The zero-order valence-electron chi connectivity index (χ0n) is 11.9. The minimum Gasteiger partial charge on any atom is -0.462 e. The molecule has 0 aromatic carbocycles. The number of hydrogen-bond donors (Lipinski definition) is 2. The molecule has 1 unspecified atom stereocenters. The lowest BCUT2D eigenvalue weighted by Gasteiger charge is -2.36. The van der Waals surface area contributed by atoms with E-state index in [1.165, 1.54) is 0 Å². The Hall–Kier alpha value is -1.87. The zero-order chi connectivity index (χ0) is 15.8. The van der Waals surface area contributed by atoms with Gasteiger partial charge in [0.15, 0.2) is 0 Å². The maximum atomic E-state index is 12.0. The number of aliphatic hydroxyl groups is 2. The number of carbonyl (C=O) groups excluding carboxylic acids is 3. The molecule has 1 atom stereocenters. The van der Waals surface area contributed by atoms with Crippen LogP contribution in [0.4, 0.5) is 4.79 Å². The summed E-state index contributed by atoms with van der Waals surface area (Å²) < 4.78 is 4.63. The average Bonchev–Trinajstić information content (AvgIpc) is 2.44. The van der Waals surface area contributed by atoms with E-state index in [1.807, 2.05) is 0 Å². The Labute approximate surface area is 122 Å². The number of amides is 2. The third-order valence-corrected chi connectivity index (χ3v) is 2.73. The number of carbonyl (C=O) groups is 3. The van der Waals surface area contributed by atoms with Crippen molar-refractivity contribution in [2.24, 2.45) is 0 Å². The molecular formula is C12H20N2O7. The fourth-order valence-electron chi connectivity index (χ4n) is 1.73. The standard InChI is InChI=1S/C12H20N2O7/c1-2-3-10(17)21-14-5-4-9(16)13(12(14)19)8-11(18)20-7-6-15/h9,15-16H,2-8H2,1H3. The van der Waals surface area contributed by atoms with E-state index in [0.717, 1.165) is 9.96 Å². The number of hydrogen-bond acceptors (Lipinski definition) is 7. The van der Waals surface area contributed by atoms with Crippen molar-refractivity contribution in [1.82, 2.24) is 9.96 Å². The number of rotatable bonds is 7. The van der Waals surface area contributed by atoms with Gasteiger partial charge in [-0.1, -0.05) is 6.92 Å². The van der Waals surface area contributed by atoms with Gasteiger partial charge in [0.05, 0.1) is 13.2 Å². The van der Waals surface area contributed by atoms with Crippen LogP contribution < -0.4 is 0 Å². The molecule has 1 rings (SSSR count). The van der Waals surface area contributed by atoms with Crippen LogP contribution in [0.25, 0.3) is 0 Å². The molecule has 2 amide bonds. The van der Waals surface area contributed by atoms with E-state index in [-0.39, 0.29) is 32.6 Å². The van der Waals surface area contributed by atoms with Crippen molar-refractivity contribution in [3.8, 4) is 0 Å². The van der Waals surface area contributed by atoms with Gasteiger partial charge in [0.25, 0.3) is 0 Å². The van der Waals surface area contributed by atoms with Crippen molar-refractivity contribution in [2.75, 3.05) is 26.3 Å². The van der Waals surface area contributed by atoms with Gasteiger partial charge in [0.2, 0.25) is 0 Å². The summed E-state index contributed by atoms with van der Waals surface area (Å²) in [6.45, 7) is 0.848. The third kappa shape index (κ3) is 5.20. The Kier molecular flexibility index (Phi) is 6.89. The molecule has 2 N–H and O–H groups in total. The van der Waals surface area contributed by atoms with Gasteiger partial charge in [-0.05, 0) is 6.42 Å². The summed E-state index contributed by atoms with van der Waals surface area (Å²) >= 11 is 0. The number of ether oxygens (including phenoxy) is 1. The SMILES string of the molecule is CCCC(=O)ON1CCC(O)N(CC(=O)OCCO)C1=O. The zero-order valence-corrected chi connectivity index (χ0v) is 11.9. The van der Waals surface area contributed by atoms with E-state index in [9.17, 15) is 19.5 Å². The highest BCUT2D eigenvalue weighted by atomic mass is 16.7. The van der Waals surface area contributed by atoms with Crippen LogP contribution in [-0.4, -0.2) is 70.7 Å². The summed E-state index contributed by atoms with van der Waals surface area (Å²) in [5.74, 6) is -1.32. The average molecular weight is 304 g/mol. The van der Waals surface area contributed by atoms with Crippen LogP contribution in [0.5, 0.6) is 0 Å². The van der Waals surface area contributed by atoms with Crippen LogP contribution >= 0.6 is 0 Å². The first-order valence-corrected chi connectivity index (χ1v) is 6.73. The molecule has 0 saturated carbocycles. The van der Waals surface area contributed by atoms with Gasteiger partial charge < -0.3 is 19.8 Å². The molecule has 0 aromatic rings. The van der Waals surface area contributed by atoms with E-state index in [1.54, 1.807) is 6.92 Å². The van der Waals surface area contributed by atoms with Crippen molar-refractivity contribution in [3.63, 3.8) is 0 Å². The van der Waals surface area contributed by atoms with Gasteiger partial charge in [0, 0.05) is 12.8 Å². The van der Waals surface area contributed by atoms with Crippen molar-refractivity contribution in [2.45, 2.75) is 32.4 Å². The van der Waals surface area contributed by atoms with E-state index < -0.39 is 30.7 Å². The second-order valence-electron chi connectivity index (χ2n) is 4.44. The van der Waals surface area contributed by atoms with Crippen LogP contribution in [0.2, 0.25) is 0 Å². The highest BCUT2D eigenvalue weighted by Crippen LogP contribution is 2.15. The maximum Gasteiger partial charge on any atom is 0.355 e. The lowest BCUT2D eigenvalue weighted by molar-refractivity contribution is -0.190. The highest BCUT2D eigenvalue weighted by molar-refractivity contribution is 5.82. The molecule has 120 valence electrons. The molecule has 1 saturated heterocycles. The number of hydroxylamine groups is 2. The summed E-state index contributed by atoms with van der Waals surface area (Å²) in [6.07, 6.45) is -0.260. The smallest absolute Gasteiger partial charge is 0.355 e. The molecule has 0 aliphatic carbocycles. The normalized spacial score (nSPS) is 18.6. The Morgan fingerprint density at radius 1 is 1.38 bits per heavy atom. The van der Waals surface area contributed by atoms with E-state index >= 15 is 0 Å². The fraction of sp³-hybridized carbons (Fsp3) is 0.750. The summed E-state index contributed by atoms with van der Waals surface area (Å²) in [6, 6.07) is -0.779. The molecule has 9 nitrogen and oxygen atoms in total.